The standard InChI is InChI=1S/C13H20N2O4/c1-9(15-19-8-13(14)16)6-10-4-5-11(17-2)12(7-10)18-3/h4-5,7,9,15H,6,8H2,1-3H3,(H2,14,16). The highest BCUT2D eigenvalue weighted by Crippen LogP contribution is 2.27. The van der Waals surface area contributed by atoms with Gasteiger partial charge in [0.2, 0.25) is 5.91 Å². The number of rotatable bonds is 8. The molecule has 0 saturated heterocycles. The first-order valence-electron chi connectivity index (χ1n) is 5.93. The third-order valence-electron chi connectivity index (χ3n) is 2.49. The fourth-order valence-corrected chi connectivity index (χ4v) is 1.66. The van der Waals surface area contributed by atoms with Gasteiger partial charge in [-0.2, -0.15) is 5.48 Å². The maximum absolute atomic E-state index is 10.5. The monoisotopic (exact) mass is 268 g/mol. The van der Waals surface area contributed by atoms with Crippen molar-refractivity contribution in [2.75, 3.05) is 20.8 Å². The fraction of sp³-hybridized carbons (Fsp3) is 0.462. The second kappa shape index (κ2) is 7.60. The lowest BCUT2D eigenvalue weighted by molar-refractivity contribution is -0.125. The minimum Gasteiger partial charge on any atom is -0.493 e. The Hall–Kier alpha value is -1.79. The third-order valence-corrected chi connectivity index (χ3v) is 2.49. The number of nitrogens with two attached hydrogens (primary N) is 1. The number of ether oxygens (including phenoxy) is 2. The SMILES string of the molecule is COc1ccc(CC(C)NOCC(N)=O)cc1OC. The molecule has 6 heteroatoms. The Morgan fingerprint density at radius 2 is 2.00 bits per heavy atom. The maximum Gasteiger partial charge on any atom is 0.245 e. The highest BCUT2D eigenvalue weighted by molar-refractivity contribution is 5.74. The van der Waals surface area contributed by atoms with Crippen molar-refractivity contribution in [2.24, 2.45) is 5.73 Å². The second-order valence-electron chi connectivity index (χ2n) is 4.17. The minimum atomic E-state index is -0.509. The Kier molecular flexibility index (Phi) is 6.11. The Morgan fingerprint density at radius 1 is 1.32 bits per heavy atom. The largest absolute Gasteiger partial charge is 0.493 e. The van der Waals surface area contributed by atoms with Crippen LogP contribution >= 0.6 is 0 Å². The van der Waals surface area contributed by atoms with Crippen molar-refractivity contribution in [3.63, 3.8) is 0 Å². The molecule has 0 aliphatic heterocycles. The van der Waals surface area contributed by atoms with Gasteiger partial charge in [-0.3, -0.25) is 9.63 Å². The highest BCUT2D eigenvalue weighted by atomic mass is 16.6. The van der Waals surface area contributed by atoms with Crippen molar-refractivity contribution in [3.8, 4) is 11.5 Å². The molecule has 0 spiro atoms. The molecule has 6 nitrogen and oxygen atoms in total. The second-order valence-corrected chi connectivity index (χ2v) is 4.17. The van der Waals surface area contributed by atoms with Crippen LogP contribution in [0.2, 0.25) is 0 Å². The van der Waals surface area contributed by atoms with Gasteiger partial charge in [0.1, 0.15) is 6.61 Å². The molecule has 0 saturated carbocycles. The van der Waals surface area contributed by atoms with E-state index in [1.54, 1.807) is 14.2 Å². The number of amides is 1. The van der Waals surface area contributed by atoms with E-state index in [4.69, 9.17) is 20.0 Å². The van der Waals surface area contributed by atoms with Gasteiger partial charge < -0.3 is 15.2 Å². The predicted octanol–water partition coefficient (Wildman–Crippen LogP) is 0.641. The number of hydrogen-bond donors (Lipinski definition) is 2. The molecule has 1 rings (SSSR count). The van der Waals surface area contributed by atoms with Gasteiger partial charge in [-0.05, 0) is 31.0 Å². The Balaban J connectivity index is 2.54. The molecule has 0 aliphatic rings. The minimum absolute atomic E-state index is 0.0393. The lowest BCUT2D eigenvalue weighted by atomic mass is 10.1. The molecule has 106 valence electrons. The topological polar surface area (TPSA) is 82.8 Å². The number of nitrogens with one attached hydrogen (secondary N) is 1. The van der Waals surface area contributed by atoms with E-state index < -0.39 is 5.91 Å². The Morgan fingerprint density at radius 3 is 2.58 bits per heavy atom. The lowest BCUT2D eigenvalue weighted by Gasteiger charge is -2.14. The molecule has 0 aliphatic carbocycles. The molecular formula is C13H20N2O4. The first-order chi connectivity index (χ1) is 9.06. The van der Waals surface area contributed by atoms with Crippen molar-refractivity contribution >= 4 is 5.91 Å². The number of hydroxylamine groups is 1. The summed E-state index contributed by atoms with van der Waals surface area (Å²) in [6, 6.07) is 5.75. The van der Waals surface area contributed by atoms with Crippen LogP contribution in [0.15, 0.2) is 18.2 Å². The summed E-state index contributed by atoms with van der Waals surface area (Å²) >= 11 is 0. The number of carbonyl (C=O) groups excluding carboxylic acids is 1. The number of primary amides is 1. The summed E-state index contributed by atoms with van der Waals surface area (Å²) in [5.41, 5.74) is 8.79. The lowest BCUT2D eigenvalue weighted by Crippen LogP contribution is -2.32. The van der Waals surface area contributed by atoms with Crippen molar-refractivity contribution in [1.29, 1.82) is 0 Å². The molecule has 19 heavy (non-hydrogen) atoms. The van der Waals surface area contributed by atoms with Gasteiger partial charge in [0.15, 0.2) is 11.5 Å². The van der Waals surface area contributed by atoms with E-state index in [2.05, 4.69) is 5.48 Å². The number of carbonyl (C=O) groups is 1. The highest BCUT2D eigenvalue weighted by Gasteiger charge is 2.08. The van der Waals surface area contributed by atoms with E-state index in [-0.39, 0.29) is 12.6 Å². The molecule has 0 heterocycles. The van der Waals surface area contributed by atoms with Crippen molar-refractivity contribution in [3.05, 3.63) is 23.8 Å². The van der Waals surface area contributed by atoms with Crippen LogP contribution in [-0.2, 0) is 16.1 Å². The third kappa shape index (κ3) is 5.15. The summed E-state index contributed by atoms with van der Waals surface area (Å²) in [7, 11) is 3.19. The smallest absolute Gasteiger partial charge is 0.245 e. The summed E-state index contributed by atoms with van der Waals surface area (Å²) in [5, 5.41) is 0. The van der Waals surface area contributed by atoms with Crippen LogP contribution in [0, 0.1) is 0 Å². The van der Waals surface area contributed by atoms with Crippen molar-refractivity contribution in [2.45, 2.75) is 19.4 Å². The molecule has 1 aromatic carbocycles. The van der Waals surface area contributed by atoms with Gasteiger partial charge >= 0.3 is 0 Å². The Labute approximate surface area is 112 Å². The van der Waals surface area contributed by atoms with Gasteiger partial charge in [0.25, 0.3) is 0 Å². The molecule has 1 unspecified atom stereocenters. The summed E-state index contributed by atoms with van der Waals surface area (Å²) in [4.78, 5) is 15.5. The summed E-state index contributed by atoms with van der Waals surface area (Å²) in [5.74, 6) is 0.868. The molecule has 0 aromatic heterocycles. The van der Waals surface area contributed by atoms with Crippen LogP contribution in [0.3, 0.4) is 0 Å². The van der Waals surface area contributed by atoms with Crippen LogP contribution in [0.5, 0.6) is 11.5 Å². The zero-order valence-electron chi connectivity index (χ0n) is 11.4. The summed E-state index contributed by atoms with van der Waals surface area (Å²) < 4.78 is 10.4. The fourth-order valence-electron chi connectivity index (χ4n) is 1.66. The van der Waals surface area contributed by atoms with E-state index in [1.165, 1.54) is 0 Å². The van der Waals surface area contributed by atoms with Crippen LogP contribution in [0.25, 0.3) is 0 Å². The van der Waals surface area contributed by atoms with Gasteiger partial charge in [0, 0.05) is 6.04 Å². The van der Waals surface area contributed by atoms with Gasteiger partial charge in [-0.25, -0.2) is 0 Å². The molecule has 0 bridgehead atoms. The van der Waals surface area contributed by atoms with Gasteiger partial charge in [-0.1, -0.05) is 6.07 Å². The average Bonchev–Trinajstić information content (AvgIpc) is 2.38. The van der Waals surface area contributed by atoms with Gasteiger partial charge in [-0.15, -0.1) is 0 Å². The van der Waals surface area contributed by atoms with E-state index in [0.29, 0.717) is 11.5 Å². The normalized spacial score (nSPS) is 11.9. The van der Waals surface area contributed by atoms with Crippen molar-refractivity contribution < 1.29 is 19.1 Å². The molecule has 1 aromatic rings. The number of methoxy groups -OCH3 is 2. The van der Waals surface area contributed by atoms with Crippen LogP contribution in [0.4, 0.5) is 0 Å². The van der Waals surface area contributed by atoms with Crippen LogP contribution < -0.4 is 20.7 Å². The molecule has 3 N–H and O–H groups in total. The summed E-state index contributed by atoms with van der Waals surface area (Å²) in [6.45, 7) is 1.80. The van der Waals surface area contributed by atoms with E-state index >= 15 is 0 Å². The van der Waals surface area contributed by atoms with Gasteiger partial charge in [0.05, 0.1) is 14.2 Å². The van der Waals surface area contributed by atoms with Crippen LogP contribution in [0.1, 0.15) is 12.5 Å². The first kappa shape index (κ1) is 15.3. The maximum atomic E-state index is 10.5. The average molecular weight is 268 g/mol. The molecular weight excluding hydrogens is 248 g/mol. The summed E-state index contributed by atoms with van der Waals surface area (Å²) in [6.07, 6.45) is 0.721. The molecule has 1 atom stereocenters. The number of benzene rings is 1. The zero-order chi connectivity index (χ0) is 14.3. The zero-order valence-corrected chi connectivity index (χ0v) is 11.4. The molecule has 0 fully saturated rings. The van der Waals surface area contributed by atoms with Crippen LogP contribution in [-0.4, -0.2) is 32.8 Å². The number of hydrogen-bond acceptors (Lipinski definition) is 5. The molecule has 1 amide bonds. The first-order valence-corrected chi connectivity index (χ1v) is 5.93. The quantitative estimate of drug-likeness (QED) is 0.676. The van der Waals surface area contributed by atoms with E-state index in [0.717, 1.165) is 12.0 Å². The van der Waals surface area contributed by atoms with Crippen molar-refractivity contribution in [1.82, 2.24) is 5.48 Å². The Bertz CT molecular complexity index is 423. The van der Waals surface area contributed by atoms with E-state index in [1.807, 2.05) is 25.1 Å². The van der Waals surface area contributed by atoms with E-state index in [9.17, 15) is 4.79 Å². The predicted molar refractivity (Wildman–Crippen MR) is 71.0 cm³/mol. The molecule has 0 radical (unpaired) electrons.